The molecule has 3 aliphatic rings. The Balaban J connectivity index is 1.44. The van der Waals surface area contributed by atoms with Gasteiger partial charge < -0.3 is 9.80 Å². The summed E-state index contributed by atoms with van der Waals surface area (Å²) in [7, 11) is 2.22. The zero-order chi connectivity index (χ0) is 15.1. The van der Waals surface area contributed by atoms with E-state index in [2.05, 4.69) is 27.9 Å². The molecule has 1 aromatic rings. The Morgan fingerprint density at radius 2 is 2.05 bits per heavy atom. The molecule has 0 N–H and O–H groups in total. The number of amides is 1. The Hall–Kier alpha value is -1.42. The molecular formula is C18H25N3O. The van der Waals surface area contributed by atoms with Crippen molar-refractivity contribution in [3.8, 4) is 0 Å². The van der Waals surface area contributed by atoms with Gasteiger partial charge in [-0.3, -0.25) is 9.78 Å². The van der Waals surface area contributed by atoms with Crippen LogP contribution in [0, 0.1) is 5.92 Å². The summed E-state index contributed by atoms with van der Waals surface area (Å²) < 4.78 is 0. The average Bonchev–Trinajstić information content (AvgIpc) is 3.00. The van der Waals surface area contributed by atoms with Gasteiger partial charge in [0.1, 0.15) is 0 Å². The van der Waals surface area contributed by atoms with Crippen LogP contribution in [0.3, 0.4) is 0 Å². The summed E-state index contributed by atoms with van der Waals surface area (Å²) in [5.41, 5.74) is 1.23. The van der Waals surface area contributed by atoms with Crippen molar-refractivity contribution in [1.82, 2.24) is 14.8 Å². The van der Waals surface area contributed by atoms with E-state index in [0.717, 1.165) is 13.0 Å². The molecule has 3 heterocycles. The van der Waals surface area contributed by atoms with E-state index < -0.39 is 0 Å². The molecule has 1 aliphatic carbocycles. The van der Waals surface area contributed by atoms with Gasteiger partial charge in [0.2, 0.25) is 5.91 Å². The van der Waals surface area contributed by atoms with Gasteiger partial charge in [0.05, 0.1) is 0 Å². The normalized spacial score (nSPS) is 35.0. The van der Waals surface area contributed by atoms with E-state index in [9.17, 15) is 4.79 Å². The molecule has 4 nitrogen and oxygen atoms in total. The lowest BCUT2D eigenvalue weighted by Gasteiger charge is -2.33. The van der Waals surface area contributed by atoms with Gasteiger partial charge in [-0.15, -0.1) is 0 Å². The second kappa shape index (κ2) is 5.65. The number of pyridine rings is 1. The van der Waals surface area contributed by atoms with Gasteiger partial charge >= 0.3 is 0 Å². The van der Waals surface area contributed by atoms with Crippen LogP contribution in [0.25, 0.3) is 0 Å². The maximum Gasteiger partial charge on any atom is 0.226 e. The van der Waals surface area contributed by atoms with Crippen LogP contribution >= 0.6 is 0 Å². The van der Waals surface area contributed by atoms with Gasteiger partial charge in [0, 0.05) is 36.9 Å². The molecule has 118 valence electrons. The molecular weight excluding hydrogens is 274 g/mol. The Bertz CT molecular complexity index is 547. The highest BCUT2D eigenvalue weighted by molar-refractivity contribution is 5.83. The van der Waals surface area contributed by atoms with E-state index in [1.807, 2.05) is 12.3 Å². The van der Waals surface area contributed by atoms with Crippen molar-refractivity contribution < 1.29 is 4.79 Å². The summed E-state index contributed by atoms with van der Waals surface area (Å²) in [5.74, 6) is 1.01. The standard InChI is InChI=1S/C18H25N3O/c1-20-9-3-6-16(20)17-7-4-10-21(17)18(22)15-11-14(15)13-5-2-8-19-12-13/h2,5,8,12,14-17H,3-4,6-7,9-11H2,1H3/t14-,15-,16+,17-/m0/s1. The number of likely N-dealkylation sites (tertiary alicyclic amines) is 2. The predicted molar refractivity (Wildman–Crippen MR) is 85.5 cm³/mol. The molecule has 2 saturated heterocycles. The monoisotopic (exact) mass is 299 g/mol. The maximum absolute atomic E-state index is 13.0. The third-order valence-corrected chi connectivity index (χ3v) is 5.82. The van der Waals surface area contributed by atoms with E-state index in [1.54, 1.807) is 6.20 Å². The summed E-state index contributed by atoms with van der Waals surface area (Å²) in [6, 6.07) is 5.12. The lowest BCUT2D eigenvalue weighted by Crippen LogP contribution is -2.47. The van der Waals surface area contributed by atoms with Gasteiger partial charge in [0.25, 0.3) is 0 Å². The van der Waals surface area contributed by atoms with Gasteiger partial charge in [-0.2, -0.15) is 0 Å². The first kappa shape index (κ1) is 14.2. The first-order valence-corrected chi connectivity index (χ1v) is 8.66. The van der Waals surface area contributed by atoms with Gasteiger partial charge in [0.15, 0.2) is 0 Å². The first-order chi connectivity index (χ1) is 10.8. The van der Waals surface area contributed by atoms with Crippen molar-refractivity contribution in [1.29, 1.82) is 0 Å². The molecule has 4 atom stereocenters. The summed E-state index contributed by atoms with van der Waals surface area (Å²) in [6.45, 7) is 2.15. The van der Waals surface area contributed by atoms with E-state index in [4.69, 9.17) is 0 Å². The van der Waals surface area contributed by atoms with Crippen LogP contribution in [-0.4, -0.2) is 52.9 Å². The van der Waals surface area contributed by atoms with Gasteiger partial charge in [-0.1, -0.05) is 6.07 Å². The fourth-order valence-electron chi connectivity index (χ4n) is 4.53. The molecule has 22 heavy (non-hydrogen) atoms. The number of hydrogen-bond acceptors (Lipinski definition) is 3. The highest BCUT2D eigenvalue weighted by atomic mass is 16.2. The first-order valence-electron chi connectivity index (χ1n) is 8.66. The van der Waals surface area contributed by atoms with Crippen molar-refractivity contribution >= 4 is 5.91 Å². The minimum Gasteiger partial charge on any atom is -0.338 e. The van der Waals surface area contributed by atoms with Crippen molar-refractivity contribution in [3.05, 3.63) is 30.1 Å². The fraction of sp³-hybridized carbons (Fsp3) is 0.667. The molecule has 0 radical (unpaired) electrons. The largest absolute Gasteiger partial charge is 0.338 e. The number of aromatic nitrogens is 1. The van der Waals surface area contributed by atoms with E-state index >= 15 is 0 Å². The minimum absolute atomic E-state index is 0.205. The molecule has 1 amide bonds. The maximum atomic E-state index is 13.0. The van der Waals surface area contributed by atoms with E-state index in [1.165, 1.54) is 37.8 Å². The Morgan fingerprint density at radius 1 is 1.23 bits per heavy atom. The third-order valence-electron chi connectivity index (χ3n) is 5.82. The van der Waals surface area contributed by atoms with Gasteiger partial charge in [-0.25, -0.2) is 0 Å². The number of rotatable bonds is 3. The van der Waals surface area contributed by atoms with Crippen LogP contribution in [-0.2, 0) is 4.79 Å². The second-order valence-electron chi connectivity index (χ2n) is 7.17. The second-order valence-corrected chi connectivity index (χ2v) is 7.17. The quantitative estimate of drug-likeness (QED) is 0.859. The van der Waals surface area contributed by atoms with Crippen LogP contribution < -0.4 is 0 Å². The van der Waals surface area contributed by atoms with Crippen LogP contribution in [0.1, 0.15) is 43.6 Å². The van der Waals surface area contributed by atoms with Crippen molar-refractivity contribution in [2.24, 2.45) is 5.92 Å². The number of hydrogen-bond donors (Lipinski definition) is 0. The SMILES string of the molecule is CN1CCC[C@@H]1[C@@H]1CCCN1C(=O)[C@H]1C[C@H]1c1cccnc1. The molecule has 2 aliphatic heterocycles. The molecule has 4 heteroatoms. The van der Waals surface area contributed by atoms with Crippen LogP contribution in [0.5, 0.6) is 0 Å². The summed E-state index contributed by atoms with van der Waals surface area (Å²) in [4.78, 5) is 21.8. The minimum atomic E-state index is 0.205. The molecule has 1 aromatic heterocycles. The lowest BCUT2D eigenvalue weighted by atomic mass is 10.0. The van der Waals surface area contributed by atoms with Crippen molar-refractivity contribution in [3.63, 3.8) is 0 Å². The number of nitrogens with zero attached hydrogens (tertiary/aromatic N) is 3. The predicted octanol–water partition coefficient (Wildman–Crippen LogP) is 2.27. The van der Waals surface area contributed by atoms with Crippen LogP contribution in [0.4, 0.5) is 0 Å². The summed E-state index contributed by atoms with van der Waals surface area (Å²) in [5, 5.41) is 0. The van der Waals surface area contributed by atoms with Crippen LogP contribution in [0.15, 0.2) is 24.5 Å². The molecule has 3 fully saturated rings. The molecule has 0 spiro atoms. The molecule has 0 aromatic carbocycles. The Labute approximate surface area is 132 Å². The van der Waals surface area contributed by atoms with Crippen molar-refractivity contribution in [2.75, 3.05) is 20.1 Å². The van der Waals surface area contributed by atoms with E-state index in [0.29, 0.717) is 23.9 Å². The lowest BCUT2D eigenvalue weighted by molar-refractivity contribution is -0.134. The van der Waals surface area contributed by atoms with Crippen molar-refractivity contribution in [2.45, 2.75) is 50.1 Å². The fourth-order valence-corrected chi connectivity index (χ4v) is 4.53. The Kier molecular flexibility index (Phi) is 3.65. The molecule has 0 unspecified atom stereocenters. The number of likely N-dealkylation sites (N-methyl/N-ethyl adjacent to an activating group) is 1. The summed E-state index contributed by atoms with van der Waals surface area (Å²) in [6.07, 6.45) is 9.62. The van der Waals surface area contributed by atoms with Gasteiger partial charge in [-0.05, 0) is 63.2 Å². The smallest absolute Gasteiger partial charge is 0.226 e. The zero-order valence-electron chi connectivity index (χ0n) is 13.3. The summed E-state index contributed by atoms with van der Waals surface area (Å²) >= 11 is 0. The number of carbonyl (C=O) groups is 1. The number of carbonyl (C=O) groups excluding carboxylic acids is 1. The van der Waals surface area contributed by atoms with Crippen LogP contribution in [0.2, 0.25) is 0 Å². The molecule has 4 rings (SSSR count). The third kappa shape index (κ3) is 2.43. The molecule has 1 saturated carbocycles. The Morgan fingerprint density at radius 3 is 2.77 bits per heavy atom. The zero-order valence-corrected chi connectivity index (χ0v) is 13.3. The van der Waals surface area contributed by atoms with E-state index in [-0.39, 0.29) is 5.92 Å². The topological polar surface area (TPSA) is 36.4 Å². The average molecular weight is 299 g/mol. The molecule has 0 bridgehead atoms. The highest BCUT2D eigenvalue weighted by Gasteiger charge is 2.49. The highest BCUT2D eigenvalue weighted by Crippen LogP contribution is 2.49.